The fraction of sp³-hybridized carbons (Fsp3) is 0.436. The monoisotopic (exact) mass is 723 g/mol. The Labute approximate surface area is 308 Å². The van der Waals surface area contributed by atoms with Crippen LogP contribution in [-0.2, 0) is 17.8 Å². The number of benzene rings is 2. The number of aromatic nitrogens is 4. The van der Waals surface area contributed by atoms with E-state index in [-0.39, 0.29) is 16.5 Å². The average molecular weight is 724 g/mol. The van der Waals surface area contributed by atoms with Crippen molar-refractivity contribution in [2.45, 2.75) is 58.0 Å². The van der Waals surface area contributed by atoms with E-state index in [1.165, 1.54) is 25.8 Å². The van der Waals surface area contributed by atoms with Gasteiger partial charge in [0.15, 0.2) is 0 Å². The highest BCUT2D eigenvalue weighted by Gasteiger charge is 2.45. The maximum Gasteiger partial charge on any atom is 0.318 e. The molecule has 0 unspecified atom stereocenters. The van der Waals surface area contributed by atoms with E-state index in [0.717, 1.165) is 54.1 Å². The van der Waals surface area contributed by atoms with Crippen LogP contribution in [-0.4, -0.2) is 93.6 Å². The lowest BCUT2D eigenvalue weighted by molar-refractivity contribution is -0.126. The highest BCUT2D eigenvalue weighted by molar-refractivity contribution is 6.36. The van der Waals surface area contributed by atoms with Gasteiger partial charge >= 0.3 is 6.01 Å². The number of anilines is 2. The normalized spacial score (nSPS) is 18.2. The molecule has 0 aliphatic carbocycles. The third kappa shape index (κ3) is 7.25. The van der Waals surface area contributed by atoms with Gasteiger partial charge in [0.1, 0.15) is 24.1 Å². The predicted molar refractivity (Wildman–Crippen MR) is 200 cm³/mol. The van der Waals surface area contributed by atoms with Gasteiger partial charge in [0, 0.05) is 68.6 Å². The molecule has 0 N–H and O–H groups in total. The summed E-state index contributed by atoms with van der Waals surface area (Å²) in [5, 5.41) is 9.07. The lowest BCUT2D eigenvalue weighted by atomic mass is 9.95. The summed E-state index contributed by atoms with van der Waals surface area (Å²) < 4.78 is 21.2. The number of rotatable bonds is 7. The van der Waals surface area contributed by atoms with E-state index >= 15 is 0 Å². The van der Waals surface area contributed by atoms with Crippen molar-refractivity contribution in [3.63, 3.8) is 0 Å². The molecule has 0 saturated carbocycles. The van der Waals surface area contributed by atoms with Crippen molar-refractivity contribution in [3.05, 3.63) is 82.3 Å². The molecule has 0 atom stereocenters. The number of ether oxygens (including phenoxy) is 1. The summed E-state index contributed by atoms with van der Waals surface area (Å²) >= 11 is 6.55. The zero-order chi connectivity index (χ0) is 36.2. The number of nitriles is 1. The minimum absolute atomic E-state index is 0.0394. The summed E-state index contributed by atoms with van der Waals surface area (Å²) in [7, 11) is 0. The van der Waals surface area contributed by atoms with Gasteiger partial charge in [-0.25, -0.2) is 14.4 Å². The summed E-state index contributed by atoms with van der Waals surface area (Å²) in [5.74, 6) is 1.08. The van der Waals surface area contributed by atoms with Crippen molar-refractivity contribution in [1.29, 1.82) is 5.26 Å². The summed E-state index contributed by atoms with van der Waals surface area (Å²) in [6, 6.07) is 13.1. The van der Waals surface area contributed by atoms with E-state index in [1.807, 2.05) is 30.0 Å². The van der Waals surface area contributed by atoms with Crippen LogP contribution in [0, 0.1) is 24.1 Å². The molecule has 2 aromatic carbocycles. The van der Waals surface area contributed by atoms with Crippen LogP contribution in [0.1, 0.15) is 55.4 Å². The van der Waals surface area contributed by atoms with Crippen LogP contribution in [0.25, 0.3) is 16.8 Å². The number of carbonyl (C=O) groups excluding carboxylic acids is 1. The standard InChI is InChI=1S/C37H40ClFN8O2.C2H3N/c1-25-40-15-11-27(41-25)8-10-32(48)44-19-21-45(22-20-44)35-28-12-18-46(31-6-2-5-26-7-9-29(39)34(38)33(26)31)23-30(28)42-36(43-35)49-24-37-13-3-16-47(37)17-4-14-37;1-2-3/h2,5-11,15H,3-4,12-14,16-24H2,1H3;1H3/b10-8+;. The third-order valence-electron chi connectivity index (χ3n) is 10.6. The molecule has 0 spiro atoms. The second-order valence-electron chi connectivity index (χ2n) is 13.8. The summed E-state index contributed by atoms with van der Waals surface area (Å²) in [5.41, 5.74) is 3.67. The number of halogens is 2. The van der Waals surface area contributed by atoms with Crippen molar-refractivity contribution in [2.75, 3.05) is 62.2 Å². The molecule has 270 valence electrons. The molecular formula is C39H43ClFN9O2. The molecule has 2 aromatic heterocycles. The Balaban J connectivity index is 0.00000136. The minimum Gasteiger partial charge on any atom is -0.461 e. The van der Waals surface area contributed by atoms with Crippen LogP contribution in [0.15, 0.2) is 48.7 Å². The first-order valence-corrected chi connectivity index (χ1v) is 18.4. The predicted octanol–water partition coefficient (Wildman–Crippen LogP) is 5.98. The molecule has 4 aliphatic rings. The number of hydrogen-bond acceptors (Lipinski definition) is 10. The topological polar surface area (TPSA) is 115 Å². The van der Waals surface area contributed by atoms with Crippen LogP contribution >= 0.6 is 11.6 Å². The summed E-state index contributed by atoms with van der Waals surface area (Å²) in [6.45, 7) is 9.76. The first kappa shape index (κ1) is 35.5. The van der Waals surface area contributed by atoms with Crippen molar-refractivity contribution < 1.29 is 13.9 Å². The van der Waals surface area contributed by atoms with E-state index in [9.17, 15) is 9.18 Å². The summed E-state index contributed by atoms with van der Waals surface area (Å²) in [4.78, 5) is 40.6. The van der Waals surface area contributed by atoms with E-state index in [2.05, 4.69) is 24.7 Å². The molecule has 6 heterocycles. The number of fused-ring (bicyclic) bond motifs is 3. The van der Waals surface area contributed by atoms with E-state index in [4.69, 9.17) is 31.6 Å². The van der Waals surface area contributed by atoms with Crippen molar-refractivity contribution in [1.82, 2.24) is 29.7 Å². The van der Waals surface area contributed by atoms with Crippen LogP contribution in [0.3, 0.4) is 0 Å². The molecule has 4 aromatic rings. The number of aryl methyl sites for hydroxylation is 1. The largest absolute Gasteiger partial charge is 0.461 e. The van der Waals surface area contributed by atoms with E-state index in [0.29, 0.717) is 75.2 Å². The fourth-order valence-corrected chi connectivity index (χ4v) is 8.37. The molecule has 13 heteroatoms. The molecule has 3 saturated heterocycles. The van der Waals surface area contributed by atoms with Crippen LogP contribution < -0.4 is 14.5 Å². The number of nitrogens with zero attached hydrogens (tertiary/aromatic N) is 9. The van der Waals surface area contributed by atoms with Crippen molar-refractivity contribution >= 4 is 45.9 Å². The quantitative estimate of drug-likeness (QED) is 0.211. The van der Waals surface area contributed by atoms with Gasteiger partial charge in [-0.15, -0.1) is 0 Å². The fourth-order valence-electron chi connectivity index (χ4n) is 8.10. The minimum atomic E-state index is -0.427. The zero-order valence-corrected chi connectivity index (χ0v) is 30.4. The SMILES string of the molecule is CC#N.Cc1nccc(/C=C/C(=O)N2CCN(c3nc(OCC45CCCN4CCC5)nc4c3CCN(c3cccc5ccc(F)c(Cl)c35)C4)CC2)n1. The Bertz CT molecular complexity index is 2020. The smallest absolute Gasteiger partial charge is 0.318 e. The Kier molecular flexibility index (Phi) is 10.5. The average Bonchev–Trinajstić information content (AvgIpc) is 3.75. The van der Waals surface area contributed by atoms with Crippen LogP contribution in [0.4, 0.5) is 15.9 Å². The number of piperazine rings is 1. The lowest BCUT2D eigenvalue weighted by Gasteiger charge is -2.38. The molecule has 4 aliphatic heterocycles. The highest BCUT2D eigenvalue weighted by atomic mass is 35.5. The molecule has 11 nitrogen and oxygen atoms in total. The second kappa shape index (κ2) is 15.4. The number of amides is 1. The van der Waals surface area contributed by atoms with Gasteiger partial charge in [0.05, 0.1) is 34.6 Å². The number of carbonyl (C=O) groups is 1. The molecule has 1 amide bonds. The molecule has 0 radical (unpaired) electrons. The van der Waals surface area contributed by atoms with Crippen molar-refractivity contribution in [2.24, 2.45) is 0 Å². The van der Waals surface area contributed by atoms with Gasteiger partial charge in [-0.1, -0.05) is 29.8 Å². The molecule has 0 bridgehead atoms. The van der Waals surface area contributed by atoms with E-state index < -0.39 is 5.82 Å². The Hall–Kier alpha value is -4.86. The van der Waals surface area contributed by atoms with Crippen LogP contribution in [0.5, 0.6) is 6.01 Å². The first-order valence-electron chi connectivity index (χ1n) is 18.0. The van der Waals surface area contributed by atoms with Gasteiger partial charge in [-0.3, -0.25) is 9.69 Å². The summed E-state index contributed by atoms with van der Waals surface area (Å²) in [6.07, 6.45) is 10.4. The Morgan fingerprint density at radius 2 is 1.79 bits per heavy atom. The molecular weight excluding hydrogens is 681 g/mol. The maximum absolute atomic E-state index is 14.6. The van der Waals surface area contributed by atoms with E-state index in [1.54, 1.807) is 36.6 Å². The Morgan fingerprint density at radius 1 is 1.02 bits per heavy atom. The molecule has 3 fully saturated rings. The van der Waals surface area contributed by atoms with Crippen LogP contribution in [0.2, 0.25) is 5.02 Å². The second-order valence-corrected chi connectivity index (χ2v) is 14.1. The Morgan fingerprint density at radius 3 is 2.54 bits per heavy atom. The number of hydrogen-bond donors (Lipinski definition) is 0. The zero-order valence-electron chi connectivity index (χ0n) is 29.7. The van der Waals surface area contributed by atoms with Gasteiger partial charge in [-0.2, -0.15) is 15.2 Å². The first-order chi connectivity index (χ1) is 25.3. The molecule has 52 heavy (non-hydrogen) atoms. The molecule has 8 rings (SSSR count). The van der Waals surface area contributed by atoms with Gasteiger partial charge < -0.3 is 19.4 Å². The maximum atomic E-state index is 14.6. The lowest BCUT2D eigenvalue weighted by Crippen LogP contribution is -2.49. The van der Waals surface area contributed by atoms with Gasteiger partial charge in [-0.05, 0) is 81.8 Å². The van der Waals surface area contributed by atoms with Gasteiger partial charge in [0.2, 0.25) is 5.91 Å². The third-order valence-corrected chi connectivity index (χ3v) is 11.0. The van der Waals surface area contributed by atoms with Crippen molar-refractivity contribution in [3.8, 4) is 12.1 Å². The van der Waals surface area contributed by atoms with Gasteiger partial charge in [0.25, 0.3) is 0 Å². The highest BCUT2D eigenvalue weighted by Crippen LogP contribution is 2.40.